The van der Waals surface area contributed by atoms with Crippen LogP contribution in [0.2, 0.25) is 0 Å². The number of benzene rings is 2. The van der Waals surface area contributed by atoms with Crippen LogP contribution in [0.15, 0.2) is 48.5 Å². The lowest BCUT2D eigenvalue weighted by Crippen LogP contribution is -2.44. The summed E-state index contributed by atoms with van der Waals surface area (Å²) in [5, 5.41) is 14.3. The van der Waals surface area contributed by atoms with E-state index >= 15 is 0 Å². The molecule has 33 heavy (non-hydrogen) atoms. The quantitative estimate of drug-likeness (QED) is 0.554. The van der Waals surface area contributed by atoms with Gasteiger partial charge in [0.15, 0.2) is 0 Å². The lowest BCUT2D eigenvalue weighted by Gasteiger charge is -2.27. The molecule has 0 heterocycles. The van der Waals surface area contributed by atoms with Crippen molar-refractivity contribution in [2.24, 2.45) is 5.41 Å². The predicted octanol–water partition coefficient (Wildman–Crippen LogP) is 4.31. The Morgan fingerprint density at radius 1 is 0.970 bits per heavy atom. The molecule has 0 bridgehead atoms. The van der Waals surface area contributed by atoms with Crippen LogP contribution >= 0.6 is 0 Å². The molecule has 2 amide bonds. The number of aliphatic carboxylic acids is 1. The Labute approximate surface area is 194 Å². The van der Waals surface area contributed by atoms with Crippen molar-refractivity contribution in [3.63, 3.8) is 0 Å². The maximum absolute atomic E-state index is 12.7. The number of hydrogen-bond acceptors (Lipinski definition) is 4. The SMILES string of the molecule is C[C@@H](NC(=O)CC(CC(C)(C)C)NC(=O)OCC1c2ccccc2-c2ccccc21)C(=O)O. The van der Waals surface area contributed by atoms with E-state index in [1.165, 1.54) is 6.92 Å². The van der Waals surface area contributed by atoms with E-state index in [4.69, 9.17) is 9.84 Å². The largest absolute Gasteiger partial charge is 0.480 e. The minimum Gasteiger partial charge on any atom is -0.480 e. The first kappa shape index (κ1) is 24.3. The van der Waals surface area contributed by atoms with Gasteiger partial charge in [-0.15, -0.1) is 0 Å². The van der Waals surface area contributed by atoms with Crippen LogP contribution in [-0.4, -0.2) is 41.8 Å². The van der Waals surface area contributed by atoms with Gasteiger partial charge >= 0.3 is 12.1 Å². The van der Waals surface area contributed by atoms with Crippen molar-refractivity contribution < 1.29 is 24.2 Å². The number of nitrogens with one attached hydrogen (secondary N) is 2. The normalized spacial score (nSPS) is 14.5. The number of hydrogen-bond donors (Lipinski definition) is 3. The summed E-state index contributed by atoms with van der Waals surface area (Å²) in [4.78, 5) is 36.0. The fourth-order valence-corrected chi connectivity index (χ4v) is 4.31. The highest BCUT2D eigenvalue weighted by atomic mass is 16.5. The van der Waals surface area contributed by atoms with Gasteiger partial charge in [0.1, 0.15) is 12.6 Å². The molecule has 0 saturated carbocycles. The van der Waals surface area contributed by atoms with Gasteiger partial charge in [0, 0.05) is 18.4 Å². The fourth-order valence-electron chi connectivity index (χ4n) is 4.31. The molecule has 1 aliphatic rings. The molecule has 2 aromatic rings. The van der Waals surface area contributed by atoms with Crippen molar-refractivity contribution in [2.75, 3.05) is 6.61 Å². The minimum absolute atomic E-state index is 0.0287. The summed E-state index contributed by atoms with van der Waals surface area (Å²) in [5.41, 5.74) is 4.40. The molecule has 0 aromatic heterocycles. The molecule has 0 aliphatic heterocycles. The molecule has 3 N–H and O–H groups in total. The highest BCUT2D eigenvalue weighted by Gasteiger charge is 2.30. The second-order valence-corrected chi connectivity index (χ2v) is 9.76. The number of carbonyl (C=O) groups is 3. The standard InChI is InChI=1S/C26H32N2O5/c1-16(24(30)31)27-23(29)13-17(14-26(2,3)4)28-25(32)33-15-22-20-11-7-5-9-18(20)19-10-6-8-12-21(19)22/h5-12,16-17,22H,13-15H2,1-4H3,(H,27,29)(H,28,32)(H,30,31)/t16-,17?/m1/s1. The van der Waals surface area contributed by atoms with Crippen molar-refractivity contribution >= 4 is 18.0 Å². The van der Waals surface area contributed by atoms with E-state index < -0.39 is 30.1 Å². The van der Waals surface area contributed by atoms with Crippen LogP contribution in [0.25, 0.3) is 11.1 Å². The average molecular weight is 453 g/mol. The smallest absolute Gasteiger partial charge is 0.407 e. The Balaban J connectivity index is 1.64. The summed E-state index contributed by atoms with van der Waals surface area (Å²) in [7, 11) is 0. The van der Waals surface area contributed by atoms with Gasteiger partial charge in [0.2, 0.25) is 5.91 Å². The molecule has 0 fully saturated rings. The number of fused-ring (bicyclic) bond motifs is 3. The Morgan fingerprint density at radius 3 is 2.03 bits per heavy atom. The van der Waals surface area contributed by atoms with Crippen molar-refractivity contribution in [1.82, 2.24) is 10.6 Å². The van der Waals surface area contributed by atoms with Crippen LogP contribution in [0.4, 0.5) is 4.79 Å². The van der Waals surface area contributed by atoms with Crippen LogP contribution in [0.5, 0.6) is 0 Å². The maximum Gasteiger partial charge on any atom is 0.407 e. The first-order valence-electron chi connectivity index (χ1n) is 11.2. The molecule has 1 unspecified atom stereocenters. The zero-order valence-electron chi connectivity index (χ0n) is 19.6. The number of alkyl carbamates (subject to hydrolysis) is 1. The number of carboxylic acid groups (broad SMARTS) is 1. The summed E-state index contributed by atoms with van der Waals surface area (Å²) >= 11 is 0. The molecular formula is C26H32N2O5. The summed E-state index contributed by atoms with van der Waals surface area (Å²) < 4.78 is 5.61. The third-order valence-electron chi connectivity index (χ3n) is 5.70. The predicted molar refractivity (Wildman–Crippen MR) is 126 cm³/mol. The molecule has 2 aromatic carbocycles. The highest BCUT2D eigenvalue weighted by molar-refractivity contribution is 5.84. The van der Waals surface area contributed by atoms with Crippen LogP contribution in [0.1, 0.15) is 57.6 Å². The molecular weight excluding hydrogens is 420 g/mol. The monoisotopic (exact) mass is 452 g/mol. The van der Waals surface area contributed by atoms with Gasteiger partial charge in [0.05, 0.1) is 0 Å². The molecule has 1 aliphatic carbocycles. The molecule has 3 rings (SSSR count). The van der Waals surface area contributed by atoms with Gasteiger partial charge in [-0.1, -0.05) is 69.3 Å². The molecule has 7 heteroatoms. The second kappa shape index (κ2) is 10.1. The number of carbonyl (C=O) groups excluding carboxylic acids is 2. The first-order chi connectivity index (χ1) is 15.5. The van der Waals surface area contributed by atoms with Gasteiger partial charge in [-0.3, -0.25) is 9.59 Å². The van der Waals surface area contributed by atoms with Crippen LogP contribution in [0.3, 0.4) is 0 Å². The summed E-state index contributed by atoms with van der Waals surface area (Å²) in [6.45, 7) is 7.62. The van der Waals surface area contributed by atoms with E-state index in [1.54, 1.807) is 0 Å². The van der Waals surface area contributed by atoms with Crippen LogP contribution in [-0.2, 0) is 14.3 Å². The van der Waals surface area contributed by atoms with Crippen molar-refractivity contribution in [1.29, 1.82) is 0 Å². The van der Waals surface area contributed by atoms with E-state index in [-0.39, 0.29) is 24.4 Å². The zero-order chi connectivity index (χ0) is 24.2. The number of amides is 2. The van der Waals surface area contributed by atoms with E-state index in [2.05, 4.69) is 34.9 Å². The van der Waals surface area contributed by atoms with Gasteiger partial charge in [-0.25, -0.2) is 4.79 Å². The molecule has 0 radical (unpaired) electrons. The topological polar surface area (TPSA) is 105 Å². The van der Waals surface area contributed by atoms with E-state index in [0.717, 1.165) is 22.3 Å². The van der Waals surface area contributed by atoms with Gasteiger partial charge < -0.3 is 20.5 Å². The van der Waals surface area contributed by atoms with Gasteiger partial charge in [-0.05, 0) is 41.0 Å². The van der Waals surface area contributed by atoms with Crippen LogP contribution in [0, 0.1) is 5.41 Å². The Kier molecular flexibility index (Phi) is 7.41. The summed E-state index contributed by atoms with van der Waals surface area (Å²) in [6, 6.07) is 14.7. The molecule has 2 atom stereocenters. The number of rotatable bonds is 8. The third-order valence-corrected chi connectivity index (χ3v) is 5.70. The first-order valence-corrected chi connectivity index (χ1v) is 11.2. The highest BCUT2D eigenvalue weighted by Crippen LogP contribution is 2.44. The van der Waals surface area contributed by atoms with Gasteiger partial charge in [0.25, 0.3) is 0 Å². The van der Waals surface area contributed by atoms with E-state index in [0.29, 0.717) is 6.42 Å². The Bertz CT molecular complexity index is 982. The number of ether oxygens (including phenoxy) is 1. The summed E-state index contributed by atoms with van der Waals surface area (Å²) in [5.74, 6) is -1.60. The lowest BCUT2D eigenvalue weighted by molar-refractivity contribution is -0.141. The summed E-state index contributed by atoms with van der Waals surface area (Å²) in [6.07, 6.45) is -0.0873. The van der Waals surface area contributed by atoms with Crippen molar-refractivity contribution in [3.8, 4) is 11.1 Å². The maximum atomic E-state index is 12.7. The van der Waals surface area contributed by atoms with Crippen molar-refractivity contribution in [2.45, 2.75) is 58.5 Å². The zero-order valence-corrected chi connectivity index (χ0v) is 19.6. The van der Waals surface area contributed by atoms with E-state index in [1.807, 2.05) is 45.0 Å². The second-order valence-electron chi connectivity index (χ2n) is 9.76. The molecule has 176 valence electrons. The lowest BCUT2D eigenvalue weighted by atomic mass is 9.87. The van der Waals surface area contributed by atoms with E-state index in [9.17, 15) is 14.4 Å². The minimum atomic E-state index is -1.11. The average Bonchev–Trinajstić information content (AvgIpc) is 3.04. The molecule has 7 nitrogen and oxygen atoms in total. The molecule has 0 spiro atoms. The van der Waals surface area contributed by atoms with Gasteiger partial charge in [-0.2, -0.15) is 0 Å². The third kappa shape index (κ3) is 6.34. The molecule has 0 saturated heterocycles. The Hall–Kier alpha value is -3.35. The fraction of sp³-hybridized carbons (Fsp3) is 0.423. The van der Waals surface area contributed by atoms with Crippen LogP contribution < -0.4 is 10.6 Å². The Morgan fingerprint density at radius 2 is 1.52 bits per heavy atom. The number of carboxylic acids is 1. The van der Waals surface area contributed by atoms with Crippen molar-refractivity contribution in [3.05, 3.63) is 59.7 Å².